The number of amides is 1. The summed E-state index contributed by atoms with van der Waals surface area (Å²) in [4.78, 5) is 25.5. The van der Waals surface area contributed by atoms with E-state index in [1.54, 1.807) is 6.33 Å². The number of nitrogens with one attached hydrogen (secondary N) is 1. The van der Waals surface area contributed by atoms with Crippen molar-refractivity contribution in [3.8, 4) is 0 Å². The molecule has 1 saturated heterocycles. The summed E-state index contributed by atoms with van der Waals surface area (Å²) in [7, 11) is 0. The zero-order valence-corrected chi connectivity index (χ0v) is 15.9. The zero-order valence-electron chi connectivity index (χ0n) is 15.1. The number of rotatable bonds is 4. The van der Waals surface area contributed by atoms with Crippen molar-refractivity contribution in [2.75, 3.05) is 25.0 Å². The minimum atomic E-state index is 0.159. The lowest BCUT2D eigenvalue weighted by Crippen LogP contribution is -2.27. The van der Waals surface area contributed by atoms with Gasteiger partial charge in [0, 0.05) is 19.6 Å². The predicted molar refractivity (Wildman–Crippen MR) is 105 cm³/mol. The number of hydrogen-bond acceptors (Lipinski definition) is 5. The van der Waals surface area contributed by atoms with E-state index in [2.05, 4.69) is 27.4 Å². The zero-order chi connectivity index (χ0) is 17.7. The van der Waals surface area contributed by atoms with E-state index in [4.69, 9.17) is 0 Å². The molecule has 5 rings (SSSR count). The maximum Gasteiger partial charge on any atom is 0.264 e. The molecule has 1 aliphatic heterocycles. The molecule has 3 atom stereocenters. The first kappa shape index (κ1) is 16.2. The van der Waals surface area contributed by atoms with Crippen LogP contribution >= 0.6 is 11.3 Å². The monoisotopic (exact) mass is 368 g/mol. The number of aryl methyl sites for hydroxylation is 1. The lowest BCUT2D eigenvalue weighted by atomic mass is 9.93. The normalized spacial score (nSPS) is 27.0. The number of allylic oxidation sites excluding steroid dienone is 2. The Morgan fingerprint density at radius 1 is 1.27 bits per heavy atom. The topological polar surface area (TPSA) is 58.1 Å². The molecule has 2 aliphatic carbocycles. The van der Waals surface area contributed by atoms with Gasteiger partial charge >= 0.3 is 0 Å². The van der Waals surface area contributed by atoms with Crippen molar-refractivity contribution in [3.63, 3.8) is 0 Å². The Labute approximate surface area is 157 Å². The molecule has 26 heavy (non-hydrogen) atoms. The fraction of sp³-hybridized carbons (Fsp3) is 0.550. The molecule has 0 radical (unpaired) electrons. The van der Waals surface area contributed by atoms with Crippen LogP contribution in [0, 0.1) is 24.7 Å². The Kier molecular flexibility index (Phi) is 3.96. The van der Waals surface area contributed by atoms with Crippen LogP contribution in [0.25, 0.3) is 10.2 Å². The summed E-state index contributed by atoms with van der Waals surface area (Å²) >= 11 is 1.51. The van der Waals surface area contributed by atoms with Crippen LogP contribution in [0.5, 0.6) is 0 Å². The smallest absolute Gasteiger partial charge is 0.264 e. The van der Waals surface area contributed by atoms with E-state index in [9.17, 15) is 4.79 Å². The van der Waals surface area contributed by atoms with E-state index in [1.165, 1.54) is 24.2 Å². The Bertz CT molecular complexity index is 883. The molecule has 1 N–H and O–H groups in total. The number of carbonyl (C=O) groups is 1. The van der Waals surface area contributed by atoms with Crippen LogP contribution in [0.15, 0.2) is 18.5 Å². The minimum absolute atomic E-state index is 0.159. The average molecular weight is 369 g/mol. The van der Waals surface area contributed by atoms with Gasteiger partial charge in [-0.3, -0.25) is 4.79 Å². The SMILES string of the molecule is Cc1c(C(=O)N2CCCC2)sc2ncnc(NCC3CC4C=CC3C4)c12. The Morgan fingerprint density at radius 2 is 2.12 bits per heavy atom. The maximum absolute atomic E-state index is 12.9. The largest absolute Gasteiger partial charge is 0.369 e. The number of likely N-dealkylation sites (tertiary alicyclic amines) is 1. The number of carbonyl (C=O) groups excluding carboxylic acids is 1. The summed E-state index contributed by atoms with van der Waals surface area (Å²) < 4.78 is 0. The summed E-state index contributed by atoms with van der Waals surface area (Å²) in [5.41, 5.74) is 1.03. The van der Waals surface area contributed by atoms with E-state index in [-0.39, 0.29) is 5.91 Å². The van der Waals surface area contributed by atoms with E-state index < -0.39 is 0 Å². The third-order valence-corrected chi connectivity index (χ3v) is 7.45. The molecular weight excluding hydrogens is 344 g/mol. The van der Waals surface area contributed by atoms with Gasteiger partial charge in [-0.2, -0.15) is 0 Å². The molecule has 2 fully saturated rings. The number of nitrogens with zero attached hydrogens (tertiary/aromatic N) is 3. The second kappa shape index (κ2) is 6.34. The van der Waals surface area contributed by atoms with E-state index >= 15 is 0 Å². The molecule has 3 heterocycles. The molecular formula is C20H24N4OS. The molecule has 2 aromatic heterocycles. The molecule has 2 bridgehead atoms. The van der Waals surface area contributed by atoms with Gasteiger partial charge in [0.1, 0.15) is 17.0 Å². The Hall–Kier alpha value is -1.95. The van der Waals surface area contributed by atoms with Gasteiger partial charge in [-0.1, -0.05) is 12.2 Å². The van der Waals surface area contributed by atoms with Crippen molar-refractivity contribution < 1.29 is 4.79 Å². The second-order valence-corrected chi connectivity index (χ2v) is 8.88. The highest BCUT2D eigenvalue weighted by Crippen LogP contribution is 2.43. The van der Waals surface area contributed by atoms with E-state index in [0.717, 1.165) is 70.8 Å². The van der Waals surface area contributed by atoms with Crippen LogP contribution in [-0.2, 0) is 0 Å². The van der Waals surface area contributed by atoms with Gasteiger partial charge in [0.2, 0.25) is 0 Å². The van der Waals surface area contributed by atoms with Gasteiger partial charge in [-0.25, -0.2) is 9.97 Å². The molecule has 0 spiro atoms. The Morgan fingerprint density at radius 3 is 2.85 bits per heavy atom. The molecule has 3 unspecified atom stereocenters. The van der Waals surface area contributed by atoms with Crippen molar-refractivity contribution in [2.45, 2.75) is 32.6 Å². The molecule has 0 aromatic carbocycles. The lowest BCUT2D eigenvalue weighted by Gasteiger charge is -2.19. The van der Waals surface area contributed by atoms with Crippen LogP contribution in [0.4, 0.5) is 5.82 Å². The van der Waals surface area contributed by atoms with Crippen LogP contribution in [-0.4, -0.2) is 40.4 Å². The highest BCUT2D eigenvalue weighted by atomic mass is 32.1. The highest BCUT2D eigenvalue weighted by Gasteiger charge is 2.35. The standard InChI is InChI=1S/C20H24N4OS/c1-12-16-18(21-10-15-9-13-4-5-14(15)8-13)22-11-23-19(16)26-17(12)20(25)24-6-2-3-7-24/h4-5,11,13-15H,2-3,6-10H2,1H3,(H,21,22,23). The number of thiophene rings is 1. The molecule has 1 saturated carbocycles. The quantitative estimate of drug-likeness (QED) is 0.833. The number of anilines is 1. The molecule has 5 nitrogen and oxygen atoms in total. The second-order valence-electron chi connectivity index (χ2n) is 7.88. The van der Waals surface area contributed by atoms with Crippen LogP contribution < -0.4 is 5.32 Å². The van der Waals surface area contributed by atoms with Crippen LogP contribution in [0.1, 0.15) is 40.9 Å². The van der Waals surface area contributed by atoms with Gasteiger partial charge in [0.25, 0.3) is 5.91 Å². The van der Waals surface area contributed by atoms with Crippen molar-refractivity contribution >= 4 is 33.3 Å². The Balaban J connectivity index is 1.41. The number of fused-ring (bicyclic) bond motifs is 3. The van der Waals surface area contributed by atoms with Crippen LogP contribution in [0.3, 0.4) is 0 Å². The fourth-order valence-corrected chi connectivity index (χ4v) is 5.95. The number of aromatic nitrogens is 2. The third kappa shape index (κ3) is 2.62. The van der Waals surface area contributed by atoms with Crippen LogP contribution in [0.2, 0.25) is 0 Å². The van der Waals surface area contributed by atoms with Gasteiger partial charge in [-0.15, -0.1) is 11.3 Å². The first-order valence-electron chi connectivity index (χ1n) is 9.66. The maximum atomic E-state index is 12.9. The van der Waals surface area contributed by atoms with Crippen molar-refractivity contribution in [2.24, 2.45) is 17.8 Å². The summed E-state index contributed by atoms with van der Waals surface area (Å²) in [6.07, 6.45) is 11.2. The first-order valence-corrected chi connectivity index (χ1v) is 10.5. The fourth-order valence-electron chi connectivity index (χ4n) is 4.83. The summed E-state index contributed by atoms with van der Waals surface area (Å²) in [5.74, 6) is 3.24. The lowest BCUT2D eigenvalue weighted by molar-refractivity contribution is 0.0797. The minimum Gasteiger partial charge on any atom is -0.369 e. The number of hydrogen-bond donors (Lipinski definition) is 1. The highest BCUT2D eigenvalue weighted by molar-refractivity contribution is 7.20. The molecule has 6 heteroatoms. The molecule has 1 amide bonds. The van der Waals surface area contributed by atoms with Gasteiger partial charge < -0.3 is 10.2 Å². The predicted octanol–water partition coefficient (Wildman–Crippen LogP) is 3.86. The molecule has 3 aliphatic rings. The van der Waals surface area contributed by atoms with E-state index in [0.29, 0.717) is 5.92 Å². The summed E-state index contributed by atoms with van der Waals surface area (Å²) in [6.45, 7) is 4.74. The molecule has 2 aromatic rings. The van der Waals surface area contributed by atoms with Gasteiger partial charge in [0.15, 0.2) is 0 Å². The van der Waals surface area contributed by atoms with Crippen molar-refractivity contribution in [1.82, 2.24) is 14.9 Å². The summed E-state index contributed by atoms with van der Waals surface area (Å²) in [6, 6.07) is 0. The van der Waals surface area contributed by atoms with Crippen molar-refractivity contribution in [3.05, 3.63) is 28.9 Å². The molecule has 136 valence electrons. The van der Waals surface area contributed by atoms with Crippen molar-refractivity contribution in [1.29, 1.82) is 0 Å². The average Bonchev–Trinajstić information content (AvgIpc) is 3.43. The summed E-state index contributed by atoms with van der Waals surface area (Å²) in [5, 5.41) is 4.60. The van der Waals surface area contributed by atoms with E-state index in [1.807, 2.05) is 11.8 Å². The van der Waals surface area contributed by atoms with Gasteiger partial charge in [-0.05, 0) is 55.9 Å². The first-order chi connectivity index (χ1) is 12.7. The van der Waals surface area contributed by atoms with Gasteiger partial charge in [0.05, 0.1) is 10.3 Å². The third-order valence-electron chi connectivity index (χ3n) is 6.26.